The van der Waals surface area contributed by atoms with Crippen molar-refractivity contribution in [3.05, 3.63) is 0 Å². The molecular formula is C47H90O6. The number of hydrogen-bond donors (Lipinski definition) is 0. The van der Waals surface area contributed by atoms with E-state index in [4.69, 9.17) is 14.2 Å². The summed E-state index contributed by atoms with van der Waals surface area (Å²) >= 11 is 0. The summed E-state index contributed by atoms with van der Waals surface area (Å²) in [7, 11) is 0. The standard InChI is InChI=1S/C47H90O6/c1-5-9-13-17-21-24-27-31-35-39-45(48)51-42-44(53-47(50)41-37-33-29-26-23-19-15-11-7-3)43(38-34-30-20-16-12-8-4)52-46(49)40-36-32-28-25-22-18-14-10-6-2/h43-44H,5-42H2,1-4H3. The molecule has 2 atom stereocenters. The highest BCUT2D eigenvalue weighted by atomic mass is 16.6. The van der Waals surface area contributed by atoms with Gasteiger partial charge in [-0.15, -0.1) is 0 Å². The molecule has 53 heavy (non-hydrogen) atoms. The Morgan fingerprint density at radius 3 is 0.925 bits per heavy atom. The van der Waals surface area contributed by atoms with Crippen LogP contribution in [0.15, 0.2) is 0 Å². The van der Waals surface area contributed by atoms with Crippen LogP contribution in [-0.2, 0) is 28.6 Å². The minimum Gasteiger partial charge on any atom is -0.462 e. The van der Waals surface area contributed by atoms with Gasteiger partial charge in [0, 0.05) is 19.3 Å². The maximum absolute atomic E-state index is 13.2. The van der Waals surface area contributed by atoms with Crippen molar-refractivity contribution in [2.45, 2.75) is 277 Å². The first-order valence-electron chi connectivity index (χ1n) is 23.5. The van der Waals surface area contributed by atoms with Gasteiger partial charge in [0.05, 0.1) is 0 Å². The van der Waals surface area contributed by atoms with Gasteiger partial charge in [-0.1, -0.05) is 214 Å². The van der Waals surface area contributed by atoms with Crippen molar-refractivity contribution < 1.29 is 28.6 Å². The van der Waals surface area contributed by atoms with Crippen molar-refractivity contribution in [2.24, 2.45) is 0 Å². The van der Waals surface area contributed by atoms with E-state index in [1.807, 2.05) is 0 Å². The maximum atomic E-state index is 13.2. The summed E-state index contributed by atoms with van der Waals surface area (Å²) in [6, 6.07) is 0. The normalized spacial score (nSPS) is 12.5. The summed E-state index contributed by atoms with van der Waals surface area (Å²) < 4.78 is 17.9. The summed E-state index contributed by atoms with van der Waals surface area (Å²) in [5, 5.41) is 0. The largest absolute Gasteiger partial charge is 0.462 e. The third-order valence-electron chi connectivity index (χ3n) is 10.7. The first kappa shape index (κ1) is 51.4. The zero-order valence-electron chi connectivity index (χ0n) is 36.0. The lowest BCUT2D eigenvalue weighted by molar-refractivity contribution is -0.176. The topological polar surface area (TPSA) is 78.9 Å². The van der Waals surface area contributed by atoms with Crippen LogP contribution in [0.2, 0.25) is 0 Å². The van der Waals surface area contributed by atoms with Gasteiger partial charge in [-0.2, -0.15) is 0 Å². The Labute approximate surface area is 329 Å². The Morgan fingerprint density at radius 2 is 0.585 bits per heavy atom. The SMILES string of the molecule is CCCCCCCCCCCC(=O)OCC(OC(=O)CCCCCCCCCCC)C(CCCCCCCC)OC(=O)CCCCCCCCCCC. The molecule has 0 aliphatic carbocycles. The Balaban J connectivity index is 5.16. The molecule has 0 heterocycles. The van der Waals surface area contributed by atoms with E-state index in [1.54, 1.807) is 0 Å². The summed E-state index contributed by atoms with van der Waals surface area (Å²) in [5.74, 6) is -0.770. The van der Waals surface area contributed by atoms with Crippen molar-refractivity contribution in [2.75, 3.05) is 6.61 Å². The average molecular weight is 751 g/mol. The number of esters is 3. The van der Waals surface area contributed by atoms with Gasteiger partial charge in [0.1, 0.15) is 12.7 Å². The van der Waals surface area contributed by atoms with E-state index in [-0.39, 0.29) is 24.5 Å². The fraction of sp³-hybridized carbons (Fsp3) is 0.936. The second-order valence-corrected chi connectivity index (χ2v) is 16.0. The van der Waals surface area contributed by atoms with Gasteiger partial charge in [-0.05, 0) is 32.1 Å². The fourth-order valence-electron chi connectivity index (χ4n) is 7.11. The van der Waals surface area contributed by atoms with Gasteiger partial charge in [-0.3, -0.25) is 14.4 Å². The van der Waals surface area contributed by atoms with E-state index in [1.165, 1.54) is 135 Å². The van der Waals surface area contributed by atoms with Crippen molar-refractivity contribution in [1.29, 1.82) is 0 Å². The number of ether oxygens (including phenoxy) is 3. The van der Waals surface area contributed by atoms with Crippen LogP contribution in [0.1, 0.15) is 265 Å². The van der Waals surface area contributed by atoms with Crippen molar-refractivity contribution in [3.8, 4) is 0 Å². The molecule has 0 spiro atoms. The van der Waals surface area contributed by atoms with Crippen LogP contribution in [-0.4, -0.2) is 36.7 Å². The highest BCUT2D eigenvalue weighted by Crippen LogP contribution is 2.20. The van der Waals surface area contributed by atoms with Crippen LogP contribution in [0, 0.1) is 0 Å². The van der Waals surface area contributed by atoms with E-state index in [2.05, 4.69) is 27.7 Å². The van der Waals surface area contributed by atoms with Crippen LogP contribution >= 0.6 is 0 Å². The average Bonchev–Trinajstić information content (AvgIpc) is 3.15. The van der Waals surface area contributed by atoms with E-state index in [9.17, 15) is 14.4 Å². The van der Waals surface area contributed by atoms with Gasteiger partial charge in [0.2, 0.25) is 0 Å². The van der Waals surface area contributed by atoms with Crippen LogP contribution in [0.25, 0.3) is 0 Å². The van der Waals surface area contributed by atoms with Crippen LogP contribution < -0.4 is 0 Å². The second kappa shape index (κ2) is 41.6. The van der Waals surface area contributed by atoms with Crippen LogP contribution in [0.5, 0.6) is 0 Å². The first-order valence-corrected chi connectivity index (χ1v) is 23.5. The third-order valence-corrected chi connectivity index (χ3v) is 10.7. The molecule has 6 heteroatoms. The molecule has 0 aliphatic rings. The molecule has 0 fully saturated rings. The van der Waals surface area contributed by atoms with Crippen LogP contribution in [0.4, 0.5) is 0 Å². The minimum absolute atomic E-state index is 0.0500. The highest BCUT2D eigenvalue weighted by molar-refractivity contribution is 5.71. The molecule has 0 aliphatic heterocycles. The molecule has 0 saturated carbocycles. The molecule has 0 aromatic heterocycles. The predicted octanol–water partition coefficient (Wildman–Crippen LogP) is 14.9. The molecule has 0 amide bonds. The van der Waals surface area contributed by atoms with Crippen molar-refractivity contribution in [1.82, 2.24) is 0 Å². The monoisotopic (exact) mass is 751 g/mol. The molecule has 0 saturated heterocycles. The molecule has 0 bridgehead atoms. The minimum atomic E-state index is -0.768. The molecule has 0 N–H and O–H groups in total. The molecular weight excluding hydrogens is 661 g/mol. The molecule has 0 radical (unpaired) electrons. The van der Waals surface area contributed by atoms with Crippen LogP contribution in [0.3, 0.4) is 0 Å². The highest BCUT2D eigenvalue weighted by Gasteiger charge is 2.30. The Bertz CT molecular complexity index is 798. The Morgan fingerprint density at radius 1 is 0.321 bits per heavy atom. The van der Waals surface area contributed by atoms with Crippen molar-refractivity contribution in [3.63, 3.8) is 0 Å². The van der Waals surface area contributed by atoms with Gasteiger partial charge in [-0.25, -0.2) is 0 Å². The van der Waals surface area contributed by atoms with Gasteiger partial charge in [0.25, 0.3) is 0 Å². The zero-order chi connectivity index (χ0) is 38.9. The Kier molecular flexibility index (Phi) is 40.3. The third kappa shape index (κ3) is 37.1. The predicted molar refractivity (Wildman–Crippen MR) is 224 cm³/mol. The lowest BCUT2D eigenvalue weighted by Crippen LogP contribution is -2.39. The quantitative estimate of drug-likeness (QED) is 0.0351. The summed E-state index contributed by atoms with van der Waals surface area (Å²) in [4.78, 5) is 39.1. The van der Waals surface area contributed by atoms with Gasteiger partial charge in [0.15, 0.2) is 6.10 Å². The Hall–Kier alpha value is -1.59. The molecule has 314 valence electrons. The number of carbonyl (C=O) groups excluding carboxylic acids is 3. The molecule has 0 rings (SSSR count). The number of carbonyl (C=O) groups is 3. The van der Waals surface area contributed by atoms with E-state index in [0.29, 0.717) is 25.7 Å². The molecule has 6 nitrogen and oxygen atoms in total. The second-order valence-electron chi connectivity index (χ2n) is 16.0. The summed E-state index contributed by atoms with van der Waals surface area (Å²) in [6.45, 7) is 8.89. The maximum Gasteiger partial charge on any atom is 0.306 e. The van der Waals surface area contributed by atoms with Gasteiger partial charge < -0.3 is 14.2 Å². The number of hydrogen-bond acceptors (Lipinski definition) is 6. The smallest absolute Gasteiger partial charge is 0.306 e. The van der Waals surface area contributed by atoms with Crippen molar-refractivity contribution >= 4 is 17.9 Å². The zero-order valence-corrected chi connectivity index (χ0v) is 36.0. The summed E-state index contributed by atoms with van der Waals surface area (Å²) in [6.07, 6.45) is 39.0. The first-order chi connectivity index (χ1) is 26.0. The lowest BCUT2D eigenvalue weighted by Gasteiger charge is -2.27. The number of unbranched alkanes of at least 4 members (excludes halogenated alkanes) is 29. The number of rotatable bonds is 42. The van der Waals surface area contributed by atoms with Gasteiger partial charge >= 0.3 is 17.9 Å². The molecule has 0 aromatic rings. The lowest BCUT2D eigenvalue weighted by atomic mass is 10.0. The summed E-state index contributed by atoms with van der Waals surface area (Å²) in [5.41, 5.74) is 0. The molecule has 2 unspecified atom stereocenters. The van der Waals surface area contributed by atoms with E-state index in [0.717, 1.165) is 77.0 Å². The van der Waals surface area contributed by atoms with E-state index < -0.39 is 12.2 Å². The van der Waals surface area contributed by atoms with E-state index >= 15 is 0 Å². The molecule has 0 aromatic carbocycles. The fourth-order valence-corrected chi connectivity index (χ4v) is 7.11.